The van der Waals surface area contributed by atoms with Gasteiger partial charge < -0.3 is 5.32 Å². The highest BCUT2D eigenvalue weighted by Crippen LogP contribution is 2.17. The molecule has 1 unspecified atom stereocenters. The van der Waals surface area contributed by atoms with Crippen LogP contribution in [0.2, 0.25) is 0 Å². The van der Waals surface area contributed by atoms with Crippen LogP contribution in [0.1, 0.15) is 32.3 Å². The molecule has 1 aromatic carbocycles. The Balaban J connectivity index is 2.13. The predicted octanol–water partition coefficient (Wildman–Crippen LogP) is 3.51. The molecule has 90 valence electrons. The average Bonchev–Trinajstić information content (AvgIpc) is 2.36. The Morgan fingerprint density at radius 1 is 1.29 bits per heavy atom. The molecule has 0 bridgehead atoms. The van der Waals surface area contributed by atoms with Crippen molar-refractivity contribution < 1.29 is 0 Å². The van der Waals surface area contributed by atoms with Crippen LogP contribution in [-0.2, 0) is 6.54 Å². The van der Waals surface area contributed by atoms with E-state index in [0.29, 0.717) is 6.04 Å². The molecule has 0 spiro atoms. The molecular weight excluding hydrogens is 208 g/mol. The van der Waals surface area contributed by atoms with Crippen molar-refractivity contribution in [3.63, 3.8) is 0 Å². The fourth-order valence-corrected chi connectivity index (χ4v) is 2.16. The molecule has 2 nitrogen and oxygen atoms in total. The molecule has 0 aliphatic rings. The second-order valence-corrected chi connectivity index (χ2v) is 4.58. The van der Waals surface area contributed by atoms with Gasteiger partial charge in [0.05, 0.1) is 0 Å². The molecular formula is C15H20N2. The van der Waals surface area contributed by atoms with Crippen LogP contribution in [0.4, 0.5) is 0 Å². The first-order valence-corrected chi connectivity index (χ1v) is 6.36. The molecule has 1 atom stereocenters. The van der Waals surface area contributed by atoms with Gasteiger partial charge in [0.2, 0.25) is 0 Å². The largest absolute Gasteiger partial charge is 0.310 e. The number of benzene rings is 1. The quantitative estimate of drug-likeness (QED) is 0.847. The van der Waals surface area contributed by atoms with Gasteiger partial charge in [-0.1, -0.05) is 31.5 Å². The zero-order valence-electron chi connectivity index (χ0n) is 10.6. The van der Waals surface area contributed by atoms with Crippen molar-refractivity contribution in [3.8, 4) is 0 Å². The average molecular weight is 228 g/mol. The van der Waals surface area contributed by atoms with Crippen molar-refractivity contribution in [2.75, 3.05) is 0 Å². The van der Waals surface area contributed by atoms with Crippen LogP contribution >= 0.6 is 0 Å². The van der Waals surface area contributed by atoms with Gasteiger partial charge in [-0.2, -0.15) is 0 Å². The molecule has 17 heavy (non-hydrogen) atoms. The normalized spacial score (nSPS) is 12.8. The molecule has 1 aromatic heterocycles. The highest BCUT2D eigenvalue weighted by atomic mass is 14.9. The Kier molecular flexibility index (Phi) is 4.10. The van der Waals surface area contributed by atoms with Crippen molar-refractivity contribution in [1.29, 1.82) is 0 Å². The number of aromatic nitrogens is 1. The first-order valence-electron chi connectivity index (χ1n) is 6.36. The minimum absolute atomic E-state index is 0.581. The molecule has 1 N–H and O–H groups in total. The van der Waals surface area contributed by atoms with Crippen LogP contribution in [0.15, 0.2) is 36.7 Å². The monoisotopic (exact) mass is 228 g/mol. The molecule has 0 aliphatic heterocycles. The first-order chi connectivity index (χ1) is 8.31. The maximum absolute atomic E-state index is 4.16. The highest BCUT2D eigenvalue weighted by molar-refractivity contribution is 5.84. The van der Waals surface area contributed by atoms with E-state index in [1.807, 2.05) is 12.4 Å². The molecule has 0 radical (unpaired) electrons. The zero-order chi connectivity index (χ0) is 12.1. The van der Waals surface area contributed by atoms with E-state index in [2.05, 4.69) is 48.4 Å². The smallest absolute Gasteiger partial charge is 0.0346 e. The van der Waals surface area contributed by atoms with Gasteiger partial charge in [0, 0.05) is 30.4 Å². The summed E-state index contributed by atoms with van der Waals surface area (Å²) in [7, 11) is 0. The van der Waals surface area contributed by atoms with E-state index in [1.54, 1.807) is 0 Å². The number of rotatable bonds is 5. The summed E-state index contributed by atoms with van der Waals surface area (Å²) in [5.41, 5.74) is 1.35. The standard InChI is InChI=1S/C15H20N2/c1-3-5-12(2)17-11-14-7-4-6-13-10-16-9-8-15(13)14/h4,6-10,12,17H,3,5,11H2,1-2H3. The van der Waals surface area contributed by atoms with Crippen LogP contribution < -0.4 is 5.32 Å². The van der Waals surface area contributed by atoms with Crippen molar-refractivity contribution in [3.05, 3.63) is 42.2 Å². The van der Waals surface area contributed by atoms with E-state index in [0.717, 1.165) is 6.54 Å². The summed E-state index contributed by atoms with van der Waals surface area (Å²) in [5, 5.41) is 6.09. The van der Waals surface area contributed by atoms with Crippen molar-refractivity contribution in [2.24, 2.45) is 0 Å². The molecule has 0 amide bonds. The summed E-state index contributed by atoms with van der Waals surface area (Å²) in [6.45, 7) is 5.40. The van der Waals surface area contributed by atoms with Gasteiger partial charge >= 0.3 is 0 Å². The van der Waals surface area contributed by atoms with E-state index < -0.39 is 0 Å². The Morgan fingerprint density at radius 3 is 3.00 bits per heavy atom. The van der Waals surface area contributed by atoms with Crippen molar-refractivity contribution in [2.45, 2.75) is 39.3 Å². The van der Waals surface area contributed by atoms with E-state index in [1.165, 1.54) is 29.2 Å². The predicted molar refractivity (Wildman–Crippen MR) is 73.0 cm³/mol. The van der Waals surface area contributed by atoms with Gasteiger partial charge in [-0.15, -0.1) is 0 Å². The van der Waals surface area contributed by atoms with Crippen LogP contribution in [0.3, 0.4) is 0 Å². The number of hydrogen-bond donors (Lipinski definition) is 1. The third-order valence-corrected chi connectivity index (χ3v) is 3.13. The van der Waals surface area contributed by atoms with Gasteiger partial charge in [0.25, 0.3) is 0 Å². The lowest BCUT2D eigenvalue weighted by atomic mass is 10.1. The summed E-state index contributed by atoms with van der Waals surface area (Å²) in [5.74, 6) is 0. The Hall–Kier alpha value is -1.41. The summed E-state index contributed by atoms with van der Waals surface area (Å²) in [6, 6.07) is 9.08. The van der Waals surface area contributed by atoms with E-state index in [9.17, 15) is 0 Å². The Bertz CT molecular complexity index is 474. The number of nitrogens with one attached hydrogen (secondary N) is 1. The fourth-order valence-electron chi connectivity index (χ4n) is 2.16. The second-order valence-electron chi connectivity index (χ2n) is 4.58. The summed E-state index contributed by atoms with van der Waals surface area (Å²) in [6.07, 6.45) is 6.25. The maximum Gasteiger partial charge on any atom is 0.0346 e. The molecule has 0 fully saturated rings. The highest BCUT2D eigenvalue weighted by Gasteiger charge is 2.03. The van der Waals surface area contributed by atoms with Crippen LogP contribution in [0, 0.1) is 0 Å². The number of nitrogens with zero attached hydrogens (tertiary/aromatic N) is 1. The lowest BCUT2D eigenvalue weighted by Gasteiger charge is -2.13. The molecule has 1 heterocycles. The maximum atomic E-state index is 4.16. The number of hydrogen-bond acceptors (Lipinski definition) is 2. The Morgan fingerprint density at radius 2 is 2.18 bits per heavy atom. The fraction of sp³-hybridized carbons (Fsp3) is 0.400. The summed E-state index contributed by atoms with van der Waals surface area (Å²) >= 11 is 0. The molecule has 0 saturated carbocycles. The zero-order valence-corrected chi connectivity index (χ0v) is 10.6. The van der Waals surface area contributed by atoms with Gasteiger partial charge in [-0.05, 0) is 30.4 Å². The minimum Gasteiger partial charge on any atom is -0.310 e. The third-order valence-electron chi connectivity index (χ3n) is 3.13. The van der Waals surface area contributed by atoms with E-state index in [4.69, 9.17) is 0 Å². The first kappa shape index (κ1) is 12.1. The van der Waals surface area contributed by atoms with Gasteiger partial charge in [-0.25, -0.2) is 0 Å². The molecule has 0 saturated heterocycles. The van der Waals surface area contributed by atoms with Gasteiger partial charge in [0.1, 0.15) is 0 Å². The number of fused-ring (bicyclic) bond motifs is 1. The van der Waals surface area contributed by atoms with Gasteiger partial charge in [0.15, 0.2) is 0 Å². The van der Waals surface area contributed by atoms with E-state index >= 15 is 0 Å². The summed E-state index contributed by atoms with van der Waals surface area (Å²) < 4.78 is 0. The van der Waals surface area contributed by atoms with Crippen molar-refractivity contribution in [1.82, 2.24) is 10.3 Å². The Labute approximate surface area is 103 Å². The second kappa shape index (κ2) is 5.78. The molecule has 2 heteroatoms. The van der Waals surface area contributed by atoms with Crippen LogP contribution in [0.25, 0.3) is 10.8 Å². The topological polar surface area (TPSA) is 24.9 Å². The third kappa shape index (κ3) is 3.04. The lowest BCUT2D eigenvalue weighted by Crippen LogP contribution is -2.25. The van der Waals surface area contributed by atoms with E-state index in [-0.39, 0.29) is 0 Å². The molecule has 2 aromatic rings. The van der Waals surface area contributed by atoms with Crippen LogP contribution in [-0.4, -0.2) is 11.0 Å². The SMILES string of the molecule is CCCC(C)NCc1cccc2cnccc12. The molecule has 0 aliphatic carbocycles. The van der Waals surface area contributed by atoms with Gasteiger partial charge in [-0.3, -0.25) is 4.98 Å². The molecule has 2 rings (SSSR count). The number of pyridine rings is 1. The van der Waals surface area contributed by atoms with Crippen molar-refractivity contribution >= 4 is 10.8 Å². The lowest BCUT2D eigenvalue weighted by molar-refractivity contribution is 0.509. The van der Waals surface area contributed by atoms with Crippen LogP contribution in [0.5, 0.6) is 0 Å². The summed E-state index contributed by atoms with van der Waals surface area (Å²) in [4.78, 5) is 4.16. The minimum atomic E-state index is 0.581.